The van der Waals surface area contributed by atoms with E-state index in [-0.39, 0.29) is 5.41 Å². The van der Waals surface area contributed by atoms with Crippen LogP contribution < -0.4 is 9.80 Å². The van der Waals surface area contributed by atoms with Gasteiger partial charge in [-0.25, -0.2) is 0 Å². The number of para-hydroxylation sites is 6. The van der Waals surface area contributed by atoms with Crippen molar-refractivity contribution in [3.63, 3.8) is 0 Å². The van der Waals surface area contributed by atoms with Crippen molar-refractivity contribution < 1.29 is 8.83 Å². The number of hydrogen-bond donors (Lipinski definition) is 0. The van der Waals surface area contributed by atoms with Gasteiger partial charge in [0.15, 0.2) is 11.2 Å². The Bertz CT molecular complexity index is 4260. The molecule has 0 saturated heterocycles. The zero-order valence-corrected chi connectivity index (χ0v) is 41.5. The van der Waals surface area contributed by atoms with Gasteiger partial charge >= 0.3 is 0 Å². The SMILES string of the molecule is CC1(C)c2cc3cc(N(c4ccccc4)c4cccc5c4oc4c(-c6ccccc6)cccc45)ccc3cc2-c2cc3ccc(N(c4ccccc4)c4cccc5c4oc4c(-c6ccccc6)cccc45)cc3cc21. The average Bonchev–Trinajstić information content (AvgIpc) is 4.13. The number of furan rings is 2. The quantitative estimate of drug-likeness (QED) is 0.152. The fraction of sp³-hybridized carbons (Fsp3) is 0.0423. The normalized spacial score (nSPS) is 12.8. The third kappa shape index (κ3) is 6.76. The smallest absolute Gasteiger partial charge is 0.159 e. The van der Waals surface area contributed by atoms with Crippen molar-refractivity contribution in [1.29, 1.82) is 0 Å². The summed E-state index contributed by atoms with van der Waals surface area (Å²) in [6.07, 6.45) is 0. The fourth-order valence-corrected chi connectivity index (χ4v) is 12.1. The number of hydrogen-bond acceptors (Lipinski definition) is 4. The molecule has 354 valence electrons. The van der Waals surface area contributed by atoms with Crippen LogP contribution in [0.3, 0.4) is 0 Å². The standard InChI is InChI=1S/C71H48N2O2/c1-71(2)63-43-49-39-53(72(51-23-11-5-12-24-51)65-33-17-31-59-57-29-15-27-55(67(57)74-69(59)65)45-19-7-3-8-20-45)37-35-47(49)41-61(63)62-42-48-36-38-54(40-50(48)44-64(62)71)73(52-25-13-6-14-26-52)66-34-18-32-60-58-30-16-28-56(68(58)75-70(60)66)46-21-9-4-10-22-46/h3-44H,1-2H3. The second-order valence-electron chi connectivity index (χ2n) is 20.4. The van der Waals surface area contributed by atoms with Crippen molar-refractivity contribution in [3.05, 3.63) is 266 Å². The second-order valence-corrected chi connectivity index (χ2v) is 20.4. The maximum Gasteiger partial charge on any atom is 0.159 e. The molecule has 0 fully saturated rings. The lowest BCUT2D eigenvalue weighted by Gasteiger charge is -2.26. The zero-order valence-electron chi connectivity index (χ0n) is 41.5. The van der Waals surface area contributed by atoms with Crippen LogP contribution in [0.1, 0.15) is 25.0 Å². The van der Waals surface area contributed by atoms with Crippen molar-refractivity contribution in [1.82, 2.24) is 0 Å². The molecule has 4 nitrogen and oxygen atoms in total. The molecule has 0 radical (unpaired) electrons. The predicted octanol–water partition coefficient (Wildman–Crippen LogP) is 20.4. The highest BCUT2D eigenvalue weighted by molar-refractivity contribution is 6.15. The number of benzene rings is 12. The Labute approximate surface area is 434 Å². The summed E-state index contributed by atoms with van der Waals surface area (Å²) in [6.45, 7) is 4.76. The molecule has 0 saturated carbocycles. The Morgan fingerprint density at radius 3 is 1.07 bits per heavy atom. The Kier molecular flexibility index (Phi) is 9.58. The van der Waals surface area contributed by atoms with Gasteiger partial charge in [-0.3, -0.25) is 0 Å². The van der Waals surface area contributed by atoms with Crippen molar-refractivity contribution >= 4 is 99.5 Å². The van der Waals surface area contributed by atoms with E-state index < -0.39 is 0 Å². The Morgan fingerprint density at radius 1 is 0.280 bits per heavy atom. The number of anilines is 6. The van der Waals surface area contributed by atoms with E-state index in [1.165, 1.54) is 43.8 Å². The lowest BCUT2D eigenvalue weighted by Crippen LogP contribution is -2.15. The Balaban J connectivity index is 0.837. The van der Waals surface area contributed by atoms with Crippen LogP contribution in [0.15, 0.2) is 264 Å². The molecule has 14 aromatic rings. The lowest BCUT2D eigenvalue weighted by atomic mass is 9.81. The predicted molar refractivity (Wildman–Crippen MR) is 314 cm³/mol. The van der Waals surface area contributed by atoms with Crippen molar-refractivity contribution in [2.75, 3.05) is 9.80 Å². The van der Waals surface area contributed by atoms with E-state index in [1.54, 1.807) is 0 Å². The highest BCUT2D eigenvalue weighted by atomic mass is 16.3. The molecule has 0 N–H and O–H groups in total. The summed E-state index contributed by atoms with van der Waals surface area (Å²) in [5, 5.41) is 9.18. The molecule has 4 heteroatoms. The van der Waals surface area contributed by atoms with Gasteiger partial charge in [0.1, 0.15) is 11.2 Å². The molecule has 75 heavy (non-hydrogen) atoms. The molecule has 12 aromatic carbocycles. The largest absolute Gasteiger partial charge is 0.453 e. The van der Waals surface area contributed by atoms with E-state index >= 15 is 0 Å². The Hall–Kier alpha value is -9.64. The van der Waals surface area contributed by atoms with Gasteiger partial charge in [-0.2, -0.15) is 0 Å². The van der Waals surface area contributed by atoms with E-state index in [9.17, 15) is 0 Å². The third-order valence-corrected chi connectivity index (χ3v) is 15.8. The van der Waals surface area contributed by atoms with E-state index in [2.05, 4.69) is 278 Å². The van der Waals surface area contributed by atoms with Gasteiger partial charge in [0.2, 0.25) is 0 Å². The van der Waals surface area contributed by atoms with E-state index in [1.807, 2.05) is 0 Å². The number of rotatable bonds is 8. The van der Waals surface area contributed by atoms with Gasteiger partial charge in [0.05, 0.1) is 11.4 Å². The van der Waals surface area contributed by atoms with Crippen LogP contribution in [0.5, 0.6) is 0 Å². The maximum absolute atomic E-state index is 7.00. The summed E-state index contributed by atoms with van der Waals surface area (Å²) in [5.74, 6) is 0. The van der Waals surface area contributed by atoms with Crippen molar-refractivity contribution in [2.24, 2.45) is 0 Å². The first-order valence-electron chi connectivity index (χ1n) is 25.8. The number of fused-ring (bicyclic) bond motifs is 11. The molecule has 0 aliphatic heterocycles. The molecule has 0 unspecified atom stereocenters. The van der Waals surface area contributed by atoms with Crippen LogP contribution in [0.4, 0.5) is 34.1 Å². The molecule has 0 spiro atoms. The average molecular weight is 961 g/mol. The van der Waals surface area contributed by atoms with Crippen LogP contribution in [-0.2, 0) is 5.41 Å². The van der Waals surface area contributed by atoms with Crippen LogP contribution in [-0.4, -0.2) is 0 Å². The first-order chi connectivity index (χ1) is 36.9. The Morgan fingerprint density at radius 2 is 0.653 bits per heavy atom. The molecule has 1 aliphatic rings. The van der Waals surface area contributed by atoms with E-state index in [0.29, 0.717) is 0 Å². The lowest BCUT2D eigenvalue weighted by molar-refractivity contribution is 0.662. The molecule has 15 rings (SSSR count). The molecular formula is C71H48N2O2. The van der Waals surface area contributed by atoms with E-state index in [4.69, 9.17) is 8.83 Å². The minimum Gasteiger partial charge on any atom is -0.453 e. The minimum absolute atomic E-state index is 0.260. The maximum atomic E-state index is 7.00. The summed E-state index contributed by atoms with van der Waals surface area (Å²) in [7, 11) is 0. The summed E-state index contributed by atoms with van der Waals surface area (Å²) < 4.78 is 14.0. The van der Waals surface area contributed by atoms with Crippen molar-refractivity contribution in [3.8, 4) is 33.4 Å². The highest BCUT2D eigenvalue weighted by Gasteiger charge is 2.36. The van der Waals surface area contributed by atoms with Crippen LogP contribution >= 0.6 is 0 Å². The number of nitrogens with zero attached hydrogens (tertiary/aromatic N) is 2. The van der Waals surface area contributed by atoms with Gasteiger partial charge in [-0.15, -0.1) is 0 Å². The molecule has 1 aliphatic carbocycles. The van der Waals surface area contributed by atoms with Gasteiger partial charge < -0.3 is 18.6 Å². The first kappa shape index (κ1) is 43.0. The second kappa shape index (κ2) is 16.7. The van der Waals surface area contributed by atoms with E-state index in [0.717, 1.165) is 100 Å². The van der Waals surface area contributed by atoms with Gasteiger partial charge in [-0.05, 0) is 140 Å². The van der Waals surface area contributed by atoms with Gasteiger partial charge in [0.25, 0.3) is 0 Å². The molecule has 0 atom stereocenters. The zero-order chi connectivity index (χ0) is 49.8. The summed E-state index contributed by atoms with van der Waals surface area (Å²) in [5.41, 5.74) is 19.2. The summed E-state index contributed by atoms with van der Waals surface area (Å²) in [6, 6.07) is 91.8. The first-order valence-corrected chi connectivity index (χ1v) is 25.8. The molecule has 0 bridgehead atoms. The highest BCUT2D eigenvalue weighted by Crippen LogP contribution is 2.53. The van der Waals surface area contributed by atoms with Gasteiger partial charge in [-0.1, -0.05) is 184 Å². The molecule has 0 amide bonds. The molecule has 2 heterocycles. The topological polar surface area (TPSA) is 32.8 Å². The minimum atomic E-state index is -0.260. The van der Waals surface area contributed by atoms with Crippen LogP contribution in [0.25, 0.3) is 98.8 Å². The van der Waals surface area contributed by atoms with Crippen LogP contribution in [0, 0.1) is 0 Å². The third-order valence-electron chi connectivity index (χ3n) is 15.8. The molecule has 2 aromatic heterocycles. The van der Waals surface area contributed by atoms with Gasteiger partial charge in [0, 0.05) is 60.8 Å². The molecular weight excluding hydrogens is 913 g/mol. The summed E-state index contributed by atoms with van der Waals surface area (Å²) in [4.78, 5) is 4.69. The van der Waals surface area contributed by atoms with Crippen molar-refractivity contribution in [2.45, 2.75) is 19.3 Å². The monoisotopic (exact) mass is 960 g/mol. The summed E-state index contributed by atoms with van der Waals surface area (Å²) >= 11 is 0. The fourth-order valence-electron chi connectivity index (χ4n) is 12.1. The van der Waals surface area contributed by atoms with Crippen LogP contribution in [0.2, 0.25) is 0 Å².